The van der Waals surface area contributed by atoms with Gasteiger partial charge in [-0.1, -0.05) is 27.5 Å². The number of hydrogen-bond acceptors (Lipinski definition) is 1. The van der Waals surface area contributed by atoms with Crippen LogP contribution < -0.4 is 0 Å². The van der Waals surface area contributed by atoms with Crippen LogP contribution in [-0.2, 0) is 0 Å². The highest BCUT2D eigenvalue weighted by atomic mass is 127. The van der Waals surface area contributed by atoms with Crippen molar-refractivity contribution >= 4 is 55.9 Å². The van der Waals surface area contributed by atoms with Gasteiger partial charge in [0.25, 0.3) is 0 Å². The van der Waals surface area contributed by atoms with Gasteiger partial charge in [-0.2, -0.15) is 0 Å². The van der Waals surface area contributed by atoms with Crippen LogP contribution in [0.4, 0.5) is 8.78 Å². The van der Waals surface area contributed by atoms with Gasteiger partial charge in [-0.15, -0.1) is 0 Å². The molecule has 0 unspecified atom stereocenters. The van der Waals surface area contributed by atoms with Crippen molar-refractivity contribution in [2.75, 3.05) is 0 Å². The summed E-state index contributed by atoms with van der Waals surface area (Å²) in [6.07, 6.45) is 0. The van der Waals surface area contributed by atoms with E-state index in [1.54, 1.807) is 18.2 Å². The number of carbonyl (C=O) groups is 1. The van der Waals surface area contributed by atoms with Gasteiger partial charge in [0.2, 0.25) is 0 Å². The van der Waals surface area contributed by atoms with Crippen LogP contribution in [0.15, 0.2) is 34.8 Å². The summed E-state index contributed by atoms with van der Waals surface area (Å²) in [5.41, 5.74) is 0.319. The molecule has 2 rings (SSSR count). The average molecular weight is 457 g/mol. The van der Waals surface area contributed by atoms with E-state index in [1.807, 2.05) is 22.6 Å². The average Bonchev–Trinajstić information content (AvgIpc) is 2.36. The highest BCUT2D eigenvalue weighted by Crippen LogP contribution is 2.26. The number of benzene rings is 2. The van der Waals surface area contributed by atoms with Gasteiger partial charge in [-0.05, 0) is 52.9 Å². The molecule has 1 nitrogen and oxygen atoms in total. The maximum absolute atomic E-state index is 13.2. The highest BCUT2D eigenvalue weighted by Gasteiger charge is 2.18. The molecule has 0 spiro atoms. The summed E-state index contributed by atoms with van der Waals surface area (Å²) in [4.78, 5) is 12.3. The lowest BCUT2D eigenvalue weighted by Gasteiger charge is -2.07. The van der Waals surface area contributed by atoms with E-state index in [-0.39, 0.29) is 10.6 Å². The summed E-state index contributed by atoms with van der Waals surface area (Å²) in [6.45, 7) is 0. The molecular weight excluding hydrogens is 452 g/mol. The summed E-state index contributed by atoms with van der Waals surface area (Å²) in [5, 5.41) is -0.111. The van der Waals surface area contributed by atoms with Crippen molar-refractivity contribution in [1.29, 1.82) is 0 Å². The Hall–Kier alpha value is -0.530. The normalized spacial score (nSPS) is 10.6. The van der Waals surface area contributed by atoms with Gasteiger partial charge >= 0.3 is 0 Å². The Kier molecular flexibility index (Phi) is 4.58. The monoisotopic (exact) mass is 456 g/mol. The molecule has 98 valence electrons. The molecule has 0 bridgehead atoms. The molecular formula is C13H5BrClF2IO. The Morgan fingerprint density at radius 1 is 1.11 bits per heavy atom. The van der Waals surface area contributed by atoms with Gasteiger partial charge in [0, 0.05) is 19.2 Å². The van der Waals surface area contributed by atoms with E-state index in [2.05, 4.69) is 15.9 Å². The fourth-order valence-electron chi connectivity index (χ4n) is 1.51. The summed E-state index contributed by atoms with van der Waals surface area (Å²) in [5.74, 6) is -2.63. The number of halogens is 5. The largest absolute Gasteiger partial charge is 0.289 e. The van der Waals surface area contributed by atoms with Crippen molar-refractivity contribution < 1.29 is 13.6 Å². The third-order valence-electron chi connectivity index (χ3n) is 2.43. The van der Waals surface area contributed by atoms with Crippen molar-refractivity contribution in [3.05, 3.63) is 66.2 Å². The molecule has 0 amide bonds. The predicted molar refractivity (Wildman–Crippen MR) is 81.7 cm³/mol. The van der Waals surface area contributed by atoms with Crippen molar-refractivity contribution in [1.82, 2.24) is 0 Å². The maximum Gasteiger partial charge on any atom is 0.195 e. The molecule has 19 heavy (non-hydrogen) atoms. The number of ketones is 1. The van der Waals surface area contributed by atoms with Crippen molar-refractivity contribution in [2.45, 2.75) is 0 Å². The third-order valence-corrected chi connectivity index (χ3v) is 4.17. The Morgan fingerprint density at radius 3 is 2.42 bits per heavy atom. The Labute approximate surface area is 135 Å². The van der Waals surface area contributed by atoms with Crippen LogP contribution in [0.1, 0.15) is 15.9 Å². The molecule has 0 aliphatic rings. The SMILES string of the molecule is O=C(c1cc(F)c(F)cc1Cl)c1cc(Br)ccc1I. The van der Waals surface area contributed by atoms with E-state index in [1.165, 1.54) is 0 Å². The van der Waals surface area contributed by atoms with E-state index in [4.69, 9.17) is 11.6 Å². The molecule has 0 atom stereocenters. The van der Waals surface area contributed by atoms with E-state index >= 15 is 0 Å². The minimum atomic E-state index is -1.10. The van der Waals surface area contributed by atoms with Crippen molar-refractivity contribution in [3.8, 4) is 0 Å². The van der Waals surface area contributed by atoms with Crippen molar-refractivity contribution in [3.63, 3.8) is 0 Å². The zero-order chi connectivity index (χ0) is 14.2. The zero-order valence-electron chi connectivity index (χ0n) is 9.18. The summed E-state index contributed by atoms with van der Waals surface area (Å²) >= 11 is 11.0. The third kappa shape index (κ3) is 3.14. The first-order valence-electron chi connectivity index (χ1n) is 5.04. The lowest BCUT2D eigenvalue weighted by molar-refractivity contribution is 0.103. The van der Waals surface area contributed by atoms with Crippen LogP contribution >= 0.6 is 50.1 Å². The van der Waals surface area contributed by atoms with Gasteiger partial charge in [0.15, 0.2) is 17.4 Å². The second kappa shape index (κ2) is 5.85. The molecule has 0 aliphatic heterocycles. The summed E-state index contributed by atoms with van der Waals surface area (Å²) in [6, 6.07) is 6.75. The quantitative estimate of drug-likeness (QED) is 0.344. The molecule has 6 heteroatoms. The smallest absolute Gasteiger partial charge is 0.195 e. The molecule has 2 aromatic rings. The van der Waals surface area contributed by atoms with E-state index < -0.39 is 17.4 Å². The first-order chi connectivity index (χ1) is 8.90. The van der Waals surface area contributed by atoms with E-state index in [0.29, 0.717) is 9.13 Å². The Balaban J connectivity index is 2.56. The number of hydrogen-bond donors (Lipinski definition) is 0. The summed E-state index contributed by atoms with van der Waals surface area (Å²) < 4.78 is 27.6. The Morgan fingerprint density at radius 2 is 1.74 bits per heavy atom. The van der Waals surface area contributed by atoms with Crippen LogP contribution in [0, 0.1) is 15.2 Å². The molecule has 0 radical (unpaired) electrons. The minimum Gasteiger partial charge on any atom is -0.289 e. The lowest BCUT2D eigenvalue weighted by atomic mass is 10.0. The molecule has 0 saturated carbocycles. The van der Waals surface area contributed by atoms with Crippen molar-refractivity contribution in [2.24, 2.45) is 0 Å². The zero-order valence-corrected chi connectivity index (χ0v) is 13.7. The maximum atomic E-state index is 13.2. The van der Waals surface area contributed by atoms with Gasteiger partial charge in [-0.25, -0.2) is 8.78 Å². The predicted octanol–water partition coefficient (Wildman–Crippen LogP) is 5.22. The lowest BCUT2D eigenvalue weighted by Crippen LogP contribution is -2.06. The minimum absolute atomic E-state index is 0.0587. The molecule has 0 fully saturated rings. The molecule has 0 saturated heterocycles. The topological polar surface area (TPSA) is 17.1 Å². The van der Waals surface area contributed by atoms with Crippen LogP contribution in [-0.4, -0.2) is 5.78 Å². The molecule has 0 heterocycles. The number of carbonyl (C=O) groups excluding carboxylic acids is 1. The fraction of sp³-hybridized carbons (Fsp3) is 0. The van der Waals surface area contributed by atoms with E-state index in [0.717, 1.165) is 16.6 Å². The van der Waals surface area contributed by atoms with Crippen LogP contribution in [0.5, 0.6) is 0 Å². The molecule has 0 aromatic heterocycles. The number of rotatable bonds is 2. The second-order valence-corrected chi connectivity index (χ2v) is 6.18. The second-order valence-electron chi connectivity index (χ2n) is 3.70. The molecule has 2 aromatic carbocycles. The first kappa shape index (κ1) is 14.9. The van der Waals surface area contributed by atoms with Crippen LogP contribution in [0.3, 0.4) is 0 Å². The fourth-order valence-corrected chi connectivity index (χ4v) is 2.69. The first-order valence-corrected chi connectivity index (χ1v) is 7.29. The van der Waals surface area contributed by atoms with Crippen LogP contribution in [0.25, 0.3) is 0 Å². The van der Waals surface area contributed by atoms with Crippen LogP contribution in [0.2, 0.25) is 5.02 Å². The molecule has 0 N–H and O–H groups in total. The Bertz CT molecular complexity index is 676. The summed E-state index contributed by atoms with van der Waals surface area (Å²) in [7, 11) is 0. The molecule has 0 aliphatic carbocycles. The van der Waals surface area contributed by atoms with Gasteiger partial charge in [0.05, 0.1) is 5.02 Å². The van der Waals surface area contributed by atoms with Gasteiger partial charge in [-0.3, -0.25) is 4.79 Å². The highest BCUT2D eigenvalue weighted by molar-refractivity contribution is 14.1. The van der Waals surface area contributed by atoms with Gasteiger partial charge < -0.3 is 0 Å². The van der Waals surface area contributed by atoms with E-state index in [9.17, 15) is 13.6 Å². The standard InChI is InChI=1S/C13H5BrClF2IO/c14-6-1-2-12(18)8(3-6)13(19)7-4-10(16)11(17)5-9(7)15/h1-5H. The van der Waals surface area contributed by atoms with Gasteiger partial charge in [0.1, 0.15) is 0 Å².